The number of carbonyl (C=O) groups excluding carboxylic acids is 1. The van der Waals surface area contributed by atoms with Gasteiger partial charge in [0.1, 0.15) is 5.54 Å². The first-order valence-electron chi connectivity index (χ1n) is 4.54. The summed E-state index contributed by atoms with van der Waals surface area (Å²) in [4.78, 5) is 25.7. The number of primary amides is 1. The summed E-state index contributed by atoms with van der Waals surface area (Å²) in [6.45, 7) is 3.31. The van der Waals surface area contributed by atoms with Gasteiger partial charge in [-0.3, -0.25) is 9.59 Å². The van der Waals surface area contributed by atoms with Crippen LogP contribution < -0.4 is 5.73 Å². The Labute approximate surface area is 96.8 Å². The topological polar surface area (TPSA) is 98.2 Å². The summed E-state index contributed by atoms with van der Waals surface area (Å²) in [6, 6.07) is 0. The SMILES string of the molecule is CC(C)(C(N)=O)n1ccnc1SCC(=O)O. The molecule has 0 aliphatic rings. The summed E-state index contributed by atoms with van der Waals surface area (Å²) in [6.07, 6.45) is 3.11. The number of aliphatic carboxylic acids is 1. The van der Waals surface area contributed by atoms with Crippen molar-refractivity contribution in [1.82, 2.24) is 9.55 Å². The Morgan fingerprint density at radius 3 is 2.75 bits per heavy atom. The van der Waals surface area contributed by atoms with Gasteiger partial charge in [0.2, 0.25) is 5.91 Å². The number of carboxylic acids is 1. The summed E-state index contributed by atoms with van der Waals surface area (Å²) in [5, 5.41) is 9.03. The van der Waals surface area contributed by atoms with Crippen LogP contribution in [0.5, 0.6) is 0 Å². The second kappa shape index (κ2) is 4.56. The first kappa shape index (κ1) is 12.6. The highest BCUT2D eigenvalue weighted by Gasteiger charge is 2.29. The van der Waals surface area contributed by atoms with E-state index in [0.717, 1.165) is 11.8 Å². The molecule has 3 N–H and O–H groups in total. The molecule has 1 aromatic heterocycles. The predicted octanol–water partition coefficient (Wildman–Crippen LogP) is 0.280. The Morgan fingerprint density at radius 2 is 2.25 bits per heavy atom. The molecule has 0 aromatic carbocycles. The maximum atomic E-state index is 11.3. The first-order valence-corrected chi connectivity index (χ1v) is 5.52. The van der Waals surface area contributed by atoms with Crippen molar-refractivity contribution < 1.29 is 14.7 Å². The third-order valence-corrected chi connectivity index (χ3v) is 3.09. The lowest BCUT2D eigenvalue weighted by molar-refractivity contribution is -0.133. The van der Waals surface area contributed by atoms with Crippen LogP contribution in [0, 0.1) is 0 Å². The second-order valence-electron chi connectivity index (χ2n) is 3.69. The summed E-state index contributed by atoms with van der Waals surface area (Å²) in [7, 11) is 0. The minimum absolute atomic E-state index is 0.105. The van der Waals surface area contributed by atoms with Gasteiger partial charge in [-0.15, -0.1) is 0 Å². The highest BCUT2D eigenvalue weighted by molar-refractivity contribution is 7.99. The van der Waals surface area contributed by atoms with Crippen molar-refractivity contribution in [2.45, 2.75) is 24.5 Å². The molecule has 0 aliphatic heterocycles. The van der Waals surface area contributed by atoms with Crippen LogP contribution in [0.1, 0.15) is 13.8 Å². The molecule has 1 heterocycles. The van der Waals surface area contributed by atoms with E-state index in [9.17, 15) is 9.59 Å². The van der Waals surface area contributed by atoms with Gasteiger partial charge in [-0.2, -0.15) is 0 Å². The van der Waals surface area contributed by atoms with Crippen molar-refractivity contribution in [2.24, 2.45) is 5.73 Å². The Kier molecular flexibility index (Phi) is 3.58. The van der Waals surface area contributed by atoms with Crippen molar-refractivity contribution in [3.63, 3.8) is 0 Å². The Hall–Kier alpha value is -1.50. The van der Waals surface area contributed by atoms with Gasteiger partial charge < -0.3 is 15.4 Å². The number of thioether (sulfide) groups is 1. The molecule has 16 heavy (non-hydrogen) atoms. The maximum absolute atomic E-state index is 11.3. The van der Waals surface area contributed by atoms with Gasteiger partial charge in [-0.1, -0.05) is 11.8 Å². The Morgan fingerprint density at radius 1 is 1.62 bits per heavy atom. The monoisotopic (exact) mass is 243 g/mol. The summed E-state index contributed by atoms with van der Waals surface area (Å²) in [5.41, 5.74) is 4.35. The Balaban J connectivity index is 2.94. The molecule has 0 spiro atoms. The number of nitrogens with two attached hydrogens (primary N) is 1. The average molecular weight is 243 g/mol. The highest BCUT2D eigenvalue weighted by Crippen LogP contribution is 2.23. The summed E-state index contributed by atoms with van der Waals surface area (Å²) < 4.78 is 1.57. The van der Waals surface area contributed by atoms with E-state index in [1.807, 2.05) is 0 Å². The van der Waals surface area contributed by atoms with Crippen LogP contribution in [-0.4, -0.2) is 32.3 Å². The number of aromatic nitrogens is 2. The molecule has 1 amide bonds. The number of amides is 1. The number of carboxylic acid groups (broad SMARTS) is 1. The number of hydrogen-bond acceptors (Lipinski definition) is 4. The number of hydrogen-bond donors (Lipinski definition) is 2. The van der Waals surface area contributed by atoms with Crippen molar-refractivity contribution in [3.05, 3.63) is 12.4 Å². The van der Waals surface area contributed by atoms with Crippen LogP contribution in [0.25, 0.3) is 0 Å². The fourth-order valence-electron chi connectivity index (χ4n) is 1.07. The lowest BCUT2D eigenvalue weighted by Crippen LogP contribution is -2.41. The van der Waals surface area contributed by atoms with E-state index >= 15 is 0 Å². The zero-order chi connectivity index (χ0) is 12.3. The van der Waals surface area contributed by atoms with Gasteiger partial charge in [0.25, 0.3) is 0 Å². The van der Waals surface area contributed by atoms with Gasteiger partial charge in [0.15, 0.2) is 5.16 Å². The number of carbonyl (C=O) groups is 2. The van der Waals surface area contributed by atoms with Crippen LogP contribution in [0.15, 0.2) is 17.6 Å². The molecule has 0 saturated heterocycles. The molecular formula is C9H13N3O3S. The molecule has 0 unspecified atom stereocenters. The van der Waals surface area contributed by atoms with Crippen molar-refractivity contribution in [2.75, 3.05) is 5.75 Å². The van der Waals surface area contributed by atoms with E-state index in [0.29, 0.717) is 5.16 Å². The number of imidazole rings is 1. The van der Waals surface area contributed by atoms with Crippen LogP contribution in [-0.2, 0) is 15.1 Å². The smallest absolute Gasteiger partial charge is 0.313 e. The zero-order valence-electron chi connectivity index (χ0n) is 9.01. The van der Waals surface area contributed by atoms with E-state index in [4.69, 9.17) is 10.8 Å². The molecule has 0 fully saturated rings. The van der Waals surface area contributed by atoms with Crippen LogP contribution in [0.3, 0.4) is 0 Å². The normalized spacial score (nSPS) is 11.4. The van der Waals surface area contributed by atoms with E-state index in [1.165, 1.54) is 6.20 Å². The number of nitrogens with zero attached hydrogens (tertiary/aromatic N) is 2. The molecular weight excluding hydrogens is 230 g/mol. The fraction of sp³-hybridized carbons (Fsp3) is 0.444. The van der Waals surface area contributed by atoms with Crippen molar-refractivity contribution in [3.8, 4) is 0 Å². The largest absolute Gasteiger partial charge is 0.481 e. The standard InChI is InChI=1S/C9H13N3O3S/c1-9(2,7(10)15)12-4-3-11-8(12)16-5-6(13)14/h3-4H,5H2,1-2H3,(H2,10,15)(H,13,14). The summed E-state index contributed by atoms with van der Waals surface area (Å²) in [5.74, 6) is -1.54. The average Bonchev–Trinajstić information content (AvgIpc) is 2.62. The molecule has 1 rings (SSSR count). The van der Waals surface area contributed by atoms with E-state index < -0.39 is 17.4 Å². The molecule has 0 saturated carbocycles. The molecule has 1 aromatic rings. The van der Waals surface area contributed by atoms with E-state index in [1.54, 1.807) is 24.6 Å². The highest BCUT2D eigenvalue weighted by atomic mass is 32.2. The summed E-state index contributed by atoms with van der Waals surface area (Å²) >= 11 is 1.05. The molecule has 0 aliphatic carbocycles. The lowest BCUT2D eigenvalue weighted by Gasteiger charge is -2.24. The molecule has 6 nitrogen and oxygen atoms in total. The minimum Gasteiger partial charge on any atom is -0.481 e. The van der Waals surface area contributed by atoms with Gasteiger partial charge in [-0.25, -0.2) is 4.98 Å². The third-order valence-electron chi connectivity index (χ3n) is 2.14. The van der Waals surface area contributed by atoms with Crippen molar-refractivity contribution >= 4 is 23.6 Å². The molecule has 0 bridgehead atoms. The minimum atomic E-state index is -0.934. The van der Waals surface area contributed by atoms with Gasteiger partial charge in [-0.05, 0) is 13.8 Å². The van der Waals surface area contributed by atoms with Gasteiger partial charge in [0, 0.05) is 12.4 Å². The first-order chi connectivity index (χ1) is 7.35. The zero-order valence-corrected chi connectivity index (χ0v) is 9.82. The van der Waals surface area contributed by atoms with E-state index in [2.05, 4.69) is 4.98 Å². The molecule has 0 radical (unpaired) electrons. The van der Waals surface area contributed by atoms with Crippen molar-refractivity contribution in [1.29, 1.82) is 0 Å². The predicted molar refractivity (Wildman–Crippen MR) is 59.1 cm³/mol. The Bertz CT molecular complexity index is 414. The lowest BCUT2D eigenvalue weighted by atomic mass is 10.1. The van der Waals surface area contributed by atoms with E-state index in [-0.39, 0.29) is 5.75 Å². The maximum Gasteiger partial charge on any atom is 0.313 e. The van der Waals surface area contributed by atoms with Gasteiger partial charge in [0.05, 0.1) is 5.75 Å². The van der Waals surface area contributed by atoms with Crippen LogP contribution in [0.2, 0.25) is 0 Å². The quantitative estimate of drug-likeness (QED) is 0.724. The van der Waals surface area contributed by atoms with Gasteiger partial charge >= 0.3 is 5.97 Å². The molecule has 7 heteroatoms. The third kappa shape index (κ3) is 2.54. The van der Waals surface area contributed by atoms with Crippen LogP contribution >= 0.6 is 11.8 Å². The molecule has 0 atom stereocenters. The number of rotatable bonds is 5. The van der Waals surface area contributed by atoms with Crippen LogP contribution in [0.4, 0.5) is 0 Å². The second-order valence-corrected chi connectivity index (χ2v) is 4.63. The fourth-order valence-corrected chi connectivity index (χ4v) is 1.88. The molecule has 88 valence electrons.